The van der Waals surface area contributed by atoms with Crippen LogP contribution in [0.15, 0.2) is 34.2 Å². The number of aliphatic imine (C=N–C) groups is 1. The lowest BCUT2D eigenvalue weighted by Crippen LogP contribution is -2.38. The van der Waals surface area contributed by atoms with Crippen LogP contribution in [0.5, 0.6) is 0 Å². The quantitative estimate of drug-likeness (QED) is 0.759. The minimum Gasteiger partial charge on any atom is -0.378 e. The van der Waals surface area contributed by atoms with E-state index in [9.17, 15) is 9.59 Å². The number of amides is 2. The molecule has 3 heterocycles. The molecule has 3 aliphatic rings. The Labute approximate surface area is 150 Å². The number of rotatable bonds is 2. The van der Waals surface area contributed by atoms with E-state index in [0.717, 1.165) is 17.7 Å². The van der Waals surface area contributed by atoms with E-state index in [1.165, 1.54) is 11.8 Å². The third kappa shape index (κ3) is 2.77. The van der Waals surface area contributed by atoms with E-state index in [2.05, 4.69) is 9.89 Å². The average Bonchev–Trinajstić information content (AvgIpc) is 3.14. The van der Waals surface area contributed by atoms with Gasteiger partial charge in [-0.2, -0.15) is 4.99 Å². The number of thioether (sulfide) groups is 1. The molecule has 0 saturated carbocycles. The molecule has 0 N–H and O–H groups in total. The maximum absolute atomic E-state index is 13.0. The largest absolute Gasteiger partial charge is 0.378 e. The molecule has 1 saturated heterocycles. The number of fused-ring (bicyclic) bond motifs is 1. The van der Waals surface area contributed by atoms with E-state index in [4.69, 9.17) is 4.74 Å². The smallest absolute Gasteiger partial charge is 0.287 e. The molecule has 1 aromatic carbocycles. The van der Waals surface area contributed by atoms with Crippen molar-refractivity contribution in [3.63, 3.8) is 0 Å². The molecule has 2 amide bonds. The summed E-state index contributed by atoms with van der Waals surface area (Å²) in [4.78, 5) is 34.0. The van der Waals surface area contributed by atoms with Crippen molar-refractivity contribution in [1.29, 1.82) is 0 Å². The van der Waals surface area contributed by atoms with Gasteiger partial charge < -0.3 is 14.5 Å². The average molecular weight is 357 g/mol. The highest BCUT2D eigenvalue weighted by Gasteiger charge is 2.39. The third-order valence-electron chi connectivity index (χ3n) is 4.46. The van der Waals surface area contributed by atoms with E-state index in [1.54, 1.807) is 4.90 Å². The number of benzene rings is 1. The molecule has 0 bridgehead atoms. The van der Waals surface area contributed by atoms with Crippen LogP contribution in [0.2, 0.25) is 0 Å². The lowest BCUT2D eigenvalue weighted by atomic mass is 10.1. The van der Waals surface area contributed by atoms with Gasteiger partial charge in [0.05, 0.1) is 29.4 Å². The summed E-state index contributed by atoms with van der Waals surface area (Å²) >= 11 is 1.31. The van der Waals surface area contributed by atoms with Crippen LogP contribution in [0.1, 0.15) is 18.9 Å². The van der Waals surface area contributed by atoms with Gasteiger partial charge in [0, 0.05) is 25.2 Å². The molecule has 25 heavy (non-hydrogen) atoms. The highest BCUT2D eigenvalue weighted by molar-refractivity contribution is 8.18. The van der Waals surface area contributed by atoms with Crippen LogP contribution in [0.3, 0.4) is 0 Å². The van der Waals surface area contributed by atoms with Crippen LogP contribution in [0.25, 0.3) is 5.57 Å². The summed E-state index contributed by atoms with van der Waals surface area (Å²) in [5.41, 5.74) is 2.20. The molecule has 0 atom stereocenters. The van der Waals surface area contributed by atoms with Crippen molar-refractivity contribution < 1.29 is 14.3 Å². The predicted octanol–water partition coefficient (Wildman–Crippen LogP) is 2.12. The summed E-state index contributed by atoms with van der Waals surface area (Å²) in [5.74, 6) is -0.416. The summed E-state index contributed by atoms with van der Waals surface area (Å²) in [5, 5.41) is 0.676. The van der Waals surface area contributed by atoms with E-state index in [-0.39, 0.29) is 11.8 Å². The number of hydrogen-bond acceptors (Lipinski definition) is 5. The number of ether oxygens (including phenoxy) is 1. The van der Waals surface area contributed by atoms with Crippen LogP contribution in [0.4, 0.5) is 5.69 Å². The van der Waals surface area contributed by atoms with Crippen molar-refractivity contribution >= 4 is 40.0 Å². The Morgan fingerprint density at radius 1 is 1.20 bits per heavy atom. The summed E-state index contributed by atoms with van der Waals surface area (Å²) in [6.45, 7) is 5.37. The molecule has 4 rings (SSSR count). The number of anilines is 1. The number of amidine groups is 1. The third-order valence-corrected chi connectivity index (χ3v) is 5.58. The second kappa shape index (κ2) is 6.65. The predicted molar refractivity (Wildman–Crippen MR) is 98.4 cm³/mol. The highest BCUT2D eigenvalue weighted by atomic mass is 32.2. The molecule has 130 valence electrons. The second-order valence-corrected chi connectivity index (χ2v) is 7.06. The Morgan fingerprint density at radius 2 is 1.96 bits per heavy atom. The van der Waals surface area contributed by atoms with Gasteiger partial charge in [-0.25, -0.2) is 0 Å². The van der Waals surface area contributed by atoms with Gasteiger partial charge in [-0.3, -0.25) is 9.59 Å². The van der Waals surface area contributed by atoms with Crippen molar-refractivity contribution in [2.45, 2.75) is 13.3 Å². The van der Waals surface area contributed by atoms with Gasteiger partial charge in [0.25, 0.3) is 11.8 Å². The van der Waals surface area contributed by atoms with Crippen molar-refractivity contribution in [3.8, 4) is 0 Å². The first-order valence-corrected chi connectivity index (χ1v) is 9.31. The van der Waals surface area contributed by atoms with Crippen LogP contribution >= 0.6 is 11.8 Å². The van der Waals surface area contributed by atoms with Gasteiger partial charge in [-0.15, -0.1) is 0 Å². The van der Waals surface area contributed by atoms with Crippen molar-refractivity contribution in [2.24, 2.45) is 4.99 Å². The van der Waals surface area contributed by atoms with E-state index >= 15 is 0 Å². The van der Waals surface area contributed by atoms with Gasteiger partial charge in [0.1, 0.15) is 0 Å². The zero-order valence-corrected chi connectivity index (χ0v) is 14.8. The number of hydrogen-bond donors (Lipinski definition) is 0. The fraction of sp³-hybridized carbons (Fsp3) is 0.389. The lowest BCUT2D eigenvalue weighted by Gasteiger charge is -2.27. The molecule has 3 aliphatic heterocycles. The minimum absolute atomic E-state index is 0.0997. The zero-order valence-electron chi connectivity index (χ0n) is 14.0. The topological polar surface area (TPSA) is 62.2 Å². The highest BCUT2D eigenvalue weighted by Crippen LogP contribution is 2.43. The summed E-state index contributed by atoms with van der Waals surface area (Å²) in [6.07, 6.45) is 0.860. The summed E-state index contributed by atoms with van der Waals surface area (Å²) in [7, 11) is 0. The van der Waals surface area contributed by atoms with Gasteiger partial charge in [-0.1, -0.05) is 25.1 Å². The van der Waals surface area contributed by atoms with Gasteiger partial charge >= 0.3 is 0 Å². The van der Waals surface area contributed by atoms with Crippen molar-refractivity contribution in [1.82, 2.24) is 4.90 Å². The first kappa shape index (κ1) is 16.4. The Kier molecular flexibility index (Phi) is 4.35. The first-order valence-electron chi connectivity index (χ1n) is 8.50. The molecule has 0 radical (unpaired) electrons. The number of para-hydroxylation sites is 1. The monoisotopic (exact) mass is 357 g/mol. The molecule has 7 heteroatoms. The fourth-order valence-corrected chi connectivity index (χ4v) is 4.34. The normalized spacial score (nSPS) is 23.3. The molecule has 0 aromatic heterocycles. The van der Waals surface area contributed by atoms with Gasteiger partial charge in [-0.05, 0) is 24.2 Å². The number of carbonyl (C=O) groups excluding carboxylic acids is 2. The summed E-state index contributed by atoms with van der Waals surface area (Å²) < 4.78 is 5.35. The van der Waals surface area contributed by atoms with E-state index in [0.29, 0.717) is 48.5 Å². The van der Waals surface area contributed by atoms with Crippen LogP contribution in [0, 0.1) is 0 Å². The number of nitrogens with zero attached hydrogens (tertiary/aromatic N) is 3. The van der Waals surface area contributed by atoms with E-state index in [1.807, 2.05) is 31.2 Å². The molecule has 1 aromatic rings. The van der Waals surface area contributed by atoms with Crippen molar-refractivity contribution in [3.05, 3.63) is 34.7 Å². The molecule has 0 unspecified atom stereocenters. The Hall–Kier alpha value is -2.12. The Morgan fingerprint density at radius 3 is 2.72 bits per heavy atom. The zero-order chi connectivity index (χ0) is 17.4. The van der Waals surface area contributed by atoms with Crippen LogP contribution in [-0.2, 0) is 14.3 Å². The standard InChI is InChI=1S/C18H19N3O3S/c1-2-7-21-13-6-4-3-5-12(13)14(17(21)23)15-16(22)19-18(25-15)20-8-10-24-11-9-20/h3-6H,2,7-11H2,1H3/b15-14-. The maximum Gasteiger partial charge on any atom is 0.287 e. The van der Waals surface area contributed by atoms with Crippen LogP contribution < -0.4 is 4.90 Å². The molecular weight excluding hydrogens is 338 g/mol. The molecule has 6 nitrogen and oxygen atoms in total. The number of carbonyl (C=O) groups is 2. The molecule has 0 spiro atoms. The number of morpholine rings is 1. The molecule has 0 aliphatic carbocycles. The molecule has 1 fully saturated rings. The van der Waals surface area contributed by atoms with Gasteiger partial charge in [0.2, 0.25) is 0 Å². The minimum atomic E-state index is -0.317. The Balaban J connectivity index is 1.71. The maximum atomic E-state index is 13.0. The molecular formula is C18H19N3O3S. The van der Waals surface area contributed by atoms with Crippen molar-refractivity contribution in [2.75, 3.05) is 37.7 Å². The van der Waals surface area contributed by atoms with Crippen LogP contribution in [-0.4, -0.2) is 54.7 Å². The second-order valence-electron chi connectivity index (χ2n) is 6.08. The summed E-state index contributed by atoms with van der Waals surface area (Å²) in [6, 6.07) is 7.66. The Bertz CT molecular complexity index is 797. The van der Waals surface area contributed by atoms with E-state index < -0.39 is 0 Å². The van der Waals surface area contributed by atoms with Gasteiger partial charge in [0.15, 0.2) is 5.17 Å². The fourth-order valence-electron chi connectivity index (χ4n) is 3.29. The lowest BCUT2D eigenvalue weighted by molar-refractivity contribution is -0.115. The SMILES string of the molecule is CCCN1C(=O)/C(=C2\SC(N3CCOCC3)=NC2=O)c2ccccc21. The first-order chi connectivity index (χ1) is 12.2.